The Morgan fingerprint density at radius 3 is 2.17 bits per heavy atom. The zero-order valence-corrected chi connectivity index (χ0v) is 16.9. The van der Waals surface area contributed by atoms with E-state index in [4.69, 9.17) is 0 Å². The van der Waals surface area contributed by atoms with Gasteiger partial charge in [0.05, 0.1) is 21.3 Å². The van der Waals surface area contributed by atoms with E-state index in [0.717, 1.165) is 11.6 Å². The molecule has 0 aliphatic rings. The van der Waals surface area contributed by atoms with Gasteiger partial charge in [-0.1, -0.05) is 42.0 Å². The Morgan fingerprint density at radius 1 is 0.828 bits per heavy atom. The molecular formula is C21H16FNO4S2. The quantitative estimate of drug-likeness (QED) is 0.444. The Morgan fingerprint density at radius 2 is 1.48 bits per heavy atom. The van der Waals surface area contributed by atoms with Gasteiger partial charge >= 0.3 is 10.2 Å². The number of aryl methyl sites for hydroxylation is 1. The topological polar surface area (TPSA) is 73.2 Å². The molecule has 0 aliphatic carbocycles. The van der Waals surface area contributed by atoms with E-state index in [0.29, 0.717) is 32.8 Å². The zero-order chi connectivity index (χ0) is 20.8. The van der Waals surface area contributed by atoms with Crippen LogP contribution in [-0.4, -0.2) is 20.8 Å². The van der Waals surface area contributed by atoms with Gasteiger partial charge in [-0.05, 0) is 48.9 Å². The summed E-state index contributed by atoms with van der Waals surface area (Å²) in [6, 6.07) is 18.4. The molecule has 8 heteroatoms. The SMILES string of the molecule is Cc1ccc(S(=O)(=O)n2c3ccccc3c3cc(/C=C/S(=O)(=O)F)ccc32)cc1. The molecule has 0 bridgehead atoms. The number of aromatic nitrogens is 1. The number of rotatable bonds is 4. The Labute approximate surface area is 168 Å². The normalized spacial score (nSPS) is 12.9. The third-order valence-corrected chi connectivity index (χ3v) is 6.84. The number of fused-ring (bicyclic) bond motifs is 3. The third-order valence-electron chi connectivity index (χ3n) is 4.63. The van der Waals surface area contributed by atoms with Crippen molar-refractivity contribution in [3.8, 4) is 0 Å². The molecular weight excluding hydrogens is 413 g/mol. The first kappa shape index (κ1) is 19.4. The van der Waals surface area contributed by atoms with Crippen molar-refractivity contribution < 1.29 is 20.7 Å². The predicted octanol–water partition coefficient (Wildman–Crippen LogP) is 4.61. The predicted molar refractivity (Wildman–Crippen MR) is 112 cm³/mol. The molecule has 148 valence electrons. The van der Waals surface area contributed by atoms with Crippen molar-refractivity contribution in [2.45, 2.75) is 11.8 Å². The average Bonchev–Trinajstić information content (AvgIpc) is 3.01. The van der Waals surface area contributed by atoms with Gasteiger partial charge in [-0.2, -0.15) is 8.42 Å². The van der Waals surface area contributed by atoms with Crippen LogP contribution >= 0.6 is 0 Å². The first-order valence-corrected chi connectivity index (χ1v) is 11.5. The first-order chi connectivity index (χ1) is 13.7. The number of hydrogen-bond acceptors (Lipinski definition) is 4. The van der Waals surface area contributed by atoms with Crippen molar-refractivity contribution in [2.24, 2.45) is 0 Å². The molecule has 0 saturated heterocycles. The number of para-hydroxylation sites is 1. The van der Waals surface area contributed by atoms with Crippen LogP contribution in [-0.2, 0) is 20.2 Å². The van der Waals surface area contributed by atoms with Gasteiger partial charge in [0.2, 0.25) is 0 Å². The lowest BCUT2D eigenvalue weighted by Crippen LogP contribution is -2.12. The highest BCUT2D eigenvalue weighted by Crippen LogP contribution is 2.33. The summed E-state index contributed by atoms with van der Waals surface area (Å²) in [5, 5.41) is 1.78. The highest BCUT2D eigenvalue weighted by Gasteiger charge is 2.23. The largest absolute Gasteiger partial charge is 0.325 e. The summed E-state index contributed by atoms with van der Waals surface area (Å²) in [5.74, 6) is 0. The van der Waals surface area contributed by atoms with E-state index >= 15 is 0 Å². The minimum Gasteiger partial charge on any atom is -0.233 e. The van der Waals surface area contributed by atoms with Crippen molar-refractivity contribution in [1.29, 1.82) is 0 Å². The molecule has 0 aliphatic heterocycles. The number of hydrogen-bond donors (Lipinski definition) is 0. The number of benzene rings is 3. The van der Waals surface area contributed by atoms with Gasteiger partial charge in [-0.3, -0.25) is 0 Å². The van der Waals surface area contributed by atoms with E-state index in [1.165, 1.54) is 3.97 Å². The molecule has 0 amide bonds. The van der Waals surface area contributed by atoms with Crippen molar-refractivity contribution in [2.75, 3.05) is 0 Å². The van der Waals surface area contributed by atoms with Crippen LogP contribution in [0.1, 0.15) is 11.1 Å². The summed E-state index contributed by atoms with van der Waals surface area (Å²) in [4.78, 5) is 0.165. The van der Waals surface area contributed by atoms with Gasteiger partial charge < -0.3 is 0 Å². The zero-order valence-electron chi connectivity index (χ0n) is 15.3. The monoisotopic (exact) mass is 429 g/mol. The van der Waals surface area contributed by atoms with E-state index in [1.807, 2.05) is 6.92 Å². The van der Waals surface area contributed by atoms with Gasteiger partial charge in [0.1, 0.15) is 0 Å². The molecule has 1 aromatic heterocycles. The molecule has 3 aromatic carbocycles. The van der Waals surface area contributed by atoms with Crippen LogP contribution in [0.3, 0.4) is 0 Å². The van der Waals surface area contributed by atoms with Gasteiger partial charge in [-0.25, -0.2) is 12.4 Å². The fourth-order valence-electron chi connectivity index (χ4n) is 3.29. The minimum absolute atomic E-state index is 0.165. The van der Waals surface area contributed by atoms with E-state index in [2.05, 4.69) is 0 Å². The second-order valence-corrected chi connectivity index (χ2v) is 9.66. The Balaban J connectivity index is 2.01. The first-order valence-electron chi connectivity index (χ1n) is 8.65. The maximum Gasteiger partial charge on any atom is 0.325 e. The van der Waals surface area contributed by atoms with Crippen LogP contribution in [0.2, 0.25) is 0 Å². The van der Waals surface area contributed by atoms with Gasteiger partial charge in [0.25, 0.3) is 10.0 Å². The van der Waals surface area contributed by atoms with Gasteiger partial charge in [0.15, 0.2) is 0 Å². The van der Waals surface area contributed by atoms with Crippen LogP contribution in [0, 0.1) is 6.92 Å². The lowest BCUT2D eigenvalue weighted by molar-refractivity contribution is 0.563. The molecule has 0 unspecified atom stereocenters. The molecule has 0 atom stereocenters. The Bertz CT molecular complexity index is 1480. The lowest BCUT2D eigenvalue weighted by atomic mass is 10.1. The number of halogens is 1. The van der Waals surface area contributed by atoms with E-state index in [9.17, 15) is 20.7 Å². The molecule has 0 radical (unpaired) electrons. The third kappa shape index (κ3) is 3.56. The standard InChI is InChI=1S/C21H16FNO4S2/c1-15-6-9-17(10-7-15)29(26,27)23-20-5-3-2-4-18(20)19-14-16(8-11-21(19)23)12-13-28(22,24)25/h2-14H,1H3/b13-12+. The van der Waals surface area contributed by atoms with Crippen LogP contribution in [0.5, 0.6) is 0 Å². The second kappa shape index (κ2) is 6.82. The van der Waals surface area contributed by atoms with Gasteiger partial charge in [0, 0.05) is 10.8 Å². The fraction of sp³-hybridized carbons (Fsp3) is 0.0476. The Kier molecular flexibility index (Phi) is 4.55. The summed E-state index contributed by atoms with van der Waals surface area (Å²) in [5.41, 5.74) is 2.34. The summed E-state index contributed by atoms with van der Waals surface area (Å²) in [6.45, 7) is 1.88. The molecule has 5 nitrogen and oxygen atoms in total. The molecule has 0 spiro atoms. The Hall–Kier alpha value is -2.97. The fourth-order valence-corrected chi connectivity index (χ4v) is 5.14. The molecule has 29 heavy (non-hydrogen) atoms. The highest BCUT2D eigenvalue weighted by atomic mass is 32.3. The van der Waals surface area contributed by atoms with Crippen molar-refractivity contribution in [3.05, 3.63) is 83.3 Å². The minimum atomic E-state index is -4.76. The summed E-state index contributed by atoms with van der Waals surface area (Å²) in [6.07, 6.45) is 1.13. The molecule has 4 rings (SSSR count). The van der Waals surface area contributed by atoms with Gasteiger partial charge in [-0.15, -0.1) is 3.89 Å². The second-order valence-electron chi connectivity index (χ2n) is 6.65. The van der Waals surface area contributed by atoms with E-state index in [-0.39, 0.29) is 4.90 Å². The molecule has 1 heterocycles. The maximum absolute atomic E-state index is 13.4. The molecule has 4 aromatic rings. The van der Waals surface area contributed by atoms with E-state index in [1.54, 1.807) is 66.7 Å². The maximum atomic E-state index is 13.4. The van der Waals surface area contributed by atoms with Crippen LogP contribution in [0.15, 0.2) is 77.0 Å². The highest BCUT2D eigenvalue weighted by molar-refractivity contribution is 7.90. The smallest absolute Gasteiger partial charge is 0.233 e. The number of nitrogens with zero attached hydrogens (tertiary/aromatic N) is 1. The van der Waals surface area contributed by atoms with Crippen molar-refractivity contribution >= 4 is 48.1 Å². The molecule has 0 N–H and O–H groups in total. The van der Waals surface area contributed by atoms with Crippen molar-refractivity contribution in [1.82, 2.24) is 3.97 Å². The summed E-state index contributed by atoms with van der Waals surface area (Å²) < 4.78 is 62.4. The molecule has 0 saturated carbocycles. The van der Waals surface area contributed by atoms with Crippen molar-refractivity contribution in [3.63, 3.8) is 0 Å². The average molecular weight is 429 g/mol. The van der Waals surface area contributed by atoms with Crippen LogP contribution in [0.4, 0.5) is 3.89 Å². The lowest BCUT2D eigenvalue weighted by Gasteiger charge is -2.09. The molecule has 0 fully saturated rings. The van der Waals surface area contributed by atoms with E-state index < -0.39 is 20.2 Å². The summed E-state index contributed by atoms with van der Waals surface area (Å²) in [7, 11) is -8.63. The van der Waals surface area contributed by atoms with Crippen LogP contribution < -0.4 is 0 Å². The van der Waals surface area contributed by atoms with Crippen LogP contribution in [0.25, 0.3) is 27.9 Å². The summed E-state index contributed by atoms with van der Waals surface area (Å²) >= 11 is 0.